The molecule has 0 spiro atoms. The first-order chi connectivity index (χ1) is 7.08. The first-order valence-corrected chi connectivity index (χ1v) is 4.34. The minimum absolute atomic E-state index is 0.365. The zero-order chi connectivity index (χ0) is 11.3. The number of ether oxygens (including phenoxy) is 1. The standard InChI is InChI=1S/C11H11NO3/c1-8(13)15-10-5-2-9(3-6-10)4-7-11(12)14/h2-7H,1H3,(H2,12,14)/b7-4+. The predicted octanol–water partition coefficient (Wildman–Crippen LogP) is 1.11. The van der Waals surface area contributed by atoms with E-state index in [9.17, 15) is 9.59 Å². The second kappa shape index (κ2) is 4.95. The van der Waals surface area contributed by atoms with E-state index in [1.54, 1.807) is 30.3 Å². The Bertz CT molecular complexity index is 393. The molecule has 0 unspecified atom stereocenters. The van der Waals surface area contributed by atoms with E-state index < -0.39 is 5.91 Å². The van der Waals surface area contributed by atoms with E-state index in [0.717, 1.165) is 5.56 Å². The van der Waals surface area contributed by atoms with Gasteiger partial charge in [0.25, 0.3) is 0 Å². The molecule has 0 heterocycles. The minimum atomic E-state index is -0.501. The highest BCUT2D eigenvalue weighted by Crippen LogP contribution is 2.13. The topological polar surface area (TPSA) is 69.4 Å². The minimum Gasteiger partial charge on any atom is -0.427 e. The summed E-state index contributed by atoms with van der Waals surface area (Å²) in [5.74, 6) is -0.395. The van der Waals surface area contributed by atoms with Gasteiger partial charge < -0.3 is 10.5 Å². The Kier molecular flexibility index (Phi) is 3.62. The lowest BCUT2D eigenvalue weighted by Crippen LogP contribution is -2.05. The van der Waals surface area contributed by atoms with Gasteiger partial charge in [0.05, 0.1) is 0 Å². The molecule has 0 aliphatic rings. The molecule has 4 nitrogen and oxygen atoms in total. The molecular weight excluding hydrogens is 194 g/mol. The molecule has 0 aromatic heterocycles. The van der Waals surface area contributed by atoms with Crippen molar-refractivity contribution in [1.82, 2.24) is 0 Å². The predicted molar refractivity (Wildman–Crippen MR) is 56.0 cm³/mol. The van der Waals surface area contributed by atoms with Crippen molar-refractivity contribution in [2.24, 2.45) is 5.73 Å². The Morgan fingerprint density at radius 3 is 2.33 bits per heavy atom. The van der Waals surface area contributed by atoms with E-state index in [1.165, 1.54) is 13.0 Å². The van der Waals surface area contributed by atoms with Crippen molar-refractivity contribution in [3.05, 3.63) is 35.9 Å². The van der Waals surface area contributed by atoms with Crippen LogP contribution in [0.2, 0.25) is 0 Å². The highest BCUT2D eigenvalue weighted by Gasteiger charge is 1.96. The summed E-state index contributed by atoms with van der Waals surface area (Å²) in [7, 11) is 0. The number of nitrogens with two attached hydrogens (primary N) is 1. The summed E-state index contributed by atoms with van der Waals surface area (Å²) < 4.78 is 4.84. The van der Waals surface area contributed by atoms with Crippen LogP contribution in [0.15, 0.2) is 30.3 Å². The molecule has 0 bridgehead atoms. The maximum atomic E-state index is 10.6. The highest BCUT2D eigenvalue weighted by molar-refractivity contribution is 5.90. The Morgan fingerprint density at radius 2 is 1.87 bits per heavy atom. The first kappa shape index (κ1) is 11.0. The number of primary amides is 1. The van der Waals surface area contributed by atoms with E-state index in [-0.39, 0.29) is 5.97 Å². The second-order valence-electron chi connectivity index (χ2n) is 2.90. The van der Waals surface area contributed by atoms with Crippen LogP contribution < -0.4 is 10.5 Å². The Labute approximate surface area is 87.3 Å². The number of carbonyl (C=O) groups is 2. The summed E-state index contributed by atoms with van der Waals surface area (Å²) in [6.45, 7) is 1.33. The Morgan fingerprint density at radius 1 is 1.27 bits per heavy atom. The second-order valence-corrected chi connectivity index (χ2v) is 2.90. The molecule has 0 aliphatic carbocycles. The molecule has 0 radical (unpaired) electrons. The molecule has 0 saturated carbocycles. The molecule has 4 heteroatoms. The van der Waals surface area contributed by atoms with E-state index in [4.69, 9.17) is 10.5 Å². The van der Waals surface area contributed by atoms with Crippen LogP contribution >= 0.6 is 0 Å². The summed E-state index contributed by atoms with van der Waals surface area (Å²) in [6.07, 6.45) is 2.85. The van der Waals surface area contributed by atoms with Gasteiger partial charge in [0, 0.05) is 13.0 Å². The van der Waals surface area contributed by atoms with Gasteiger partial charge >= 0.3 is 5.97 Å². The third-order valence-electron chi connectivity index (χ3n) is 1.58. The van der Waals surface area contributed by atoms with Gasteiger partial charge in [-0.05, 0) is 23.8 Å². The number of benzene rings is 1. The lowest BCUT2D eigenvalue weighted by Gasteiger charge is -2.00. The van der Waals surface area contributed by atoms with Gasteiger partial charge in [-0.2, -0.15) is 0 Å². The van der Waals surface area contributed by atoms with Gasteiger partial charge in [-0.25, -0.2) is 0 Å². The van der Waals surface area contributed by atoms with Crippen molar-refractivity contribution in [3.8, 4) is 5.75 Å². The van der Waals surface area contributed by atoms with E-state index in [0.29, 0.717) is 5.75 Å². The summed E-state index contributed by atoms with van der Waals surface area (Å²) in [4.78, 5) is 21.1. The number of hydrogen-bond acceptors (Lipinski definition) is 3. The van der Waals surface area contributed by atoms with Crippen LogP contribution in [-0.2, 0) is 9.59 Å². The van der Waals surface area contributed by atoms with Crippen molar-refractivity contribution < 1.29 is 14.3 Å². The highest BCUT2D eigenvalue weighted by atomic mass is 16.5. The van der Waals surface area contributed by atoms with Gasteiger partial charge in [-0.15, -0.1) is 0 Å². The van der Waals surface area contributed by atoms with Crippen molar-refractivity contribution in [2.45, 2.75) is 6.92 Å². The molecule has 0 atom stereocenters. The summed E-state index contributed by atoms with van der Waals surface area (Å²) in [5, 5.41) is 0. The lowest BCUT2D eigenvalue weighted by atomic mass is 10.2. The van der Waals surface area contributed by atoms with Crippen LogP contribution in [0, 0.1) is 0 Å². The Hall–Kier alpha value is -2.10. The van der Waals surface area contributed by atoms with Gasteiger partial charge in [0.2, 0.25) is 5.91 Å². The smallest absolute Gasteiger partial charge is 0.308 e. The van der Waals surface area contributed by atoms with E-state index >= 15 is 0 Å². The monoisotopic (exact) mass is 205 g/mol. The van der Waals surface area contributed by atoms with Crippen molar-refractivity contribution in [3.63, 3.8) is 0 Å². The quantitative estimate of drug-likeness (QED) is 0.456. The zero-order valence-corrected chi connectivity index (χ0v) is 8.27. The lowest BCUT2D eigenvalue weighted by molar-refractivity contribution is -0.131. The molecule has 1 aromatic carbocycles. The van der Waals surface area contributed by atoms with Gasteiger partial charge in [0.1, 0.15) is 5.75 Å². The largest absolute Gasteiger partial charge is 0.427 e. The number of esters is 1. The third-order valence-corrected chi connectivity index (χ3v) is 1.58. The average Bonchev–Trinajstić information content (AvgIpc) is 2.16. The number of hydrogen-bond donors (Lipinski definition) is 1. The van der Waals surface area contributed by atoms with Crippen molar-refractivity contribution >= 4 is 18.0 Å². The van der Waals surface area contributed by atoms with Crippen LogP contribution in [0.1, 0.15) is 12.5 Å². The van der Waals surface area contributed by atoms with Crippen LogP contribution in [0.5, 0.6) is 5.75 Å². The molecule has 1 rings (SSSR count). The molecule has 78 valence electrons. The molecule has 15 heavy (non-hydrogen) atoms. The number of carbonyl (C=O) groups excluding carboxylic acids is 2. The summed E-state index contributed by atoms with van der Waals surface area (Å²) in [6, 6.07) is 6.72. The summed E-state index contributed by atoms with van der Waals surface area (Å²) >= 11 is 0. The molecule has 1 aromatic rings. The van der Waals surface area contributed by atoms with Gasteiger partial charge in [-0.1, -0.05) is 12.1 Å². The van der Waals surface area contributed by atoms with Crippen molar-refractivity contribution in [1.29, 1.82) is 0 Å². The van der Waals surface area contributed by atoms with Gasteiger partial charge in [-0.3, -0.25) is 9.59 Å². The van der Waals surface area contributed by atoms with Gasteiger partial charge in [0.15, 0.2) is 0 Å². The number of rotatable bonds is 3. The van der Waals surface area contributed by atoms with Crippen LogP contribution in [0.25, 0.3) is 6.08 Å². The average molecular weight is 205 g/mol. The number of amides is 1. The molecule has 1 amide bonds. The first-order valence-electron chi connectivity index (χ1n) is 4.34. The fourth-order valence-corrected chi connectivity index (χ4v) is 0.991. The molecular formula is C11H11NO3. The van der Waals surface area contributed by atoms with Crippen LogP contribution in [0.4, 0.5) is 0 Å². The third kappa shape index (κ3) is 4.08. The van der Waals surface area contributed by atoms with Crippen LogP contribution in [-0.4, -0.2) is 11.9 Å². The maximum absolute atomic E-state index is 10.6. The summed E-state index contributed by atoms with van der Waals surface area (Å²) in [5.41, 5.74) is 5.75. The van der Waals surface area contributed by atoms with Crippen molar-refractivity contribution in [2.75, 3.05) is 0 Å². The molecule has 2 N–H and O–H groups in total. The molecule has 0 saturated heterocycles. The zero-order valence-electron chi connectivity index (χ0n) is 8.27. The Balaban J connectivity index is 2.72. The SMILES string of the molecule is CC(=O)Oc1ccc(/C=C/C(N)=O)cc1. The van der Waals surface area contributed by atoms with E-state index in [2.05, 4.69) is 0 Å². The van der Waals surface area contributed by atoms with Crippen LogP contribution in [0.3, 0.4) is 0 Å². The maximum Gasteiger partial charge on any atom is 0.308 e. The normalized spacial score (nSPS) is 10.2. The van der Waals surface area contributed by atoms with E-state index in [1.807, 2.05) is 0 Å². The fraction of sp³-hybridized carbons (Fsp3) is 0.0909. The molecule has 0 aliphatic heterocycles. The molecule has 0 fully saturated rings. The fourth-order valence-electron chi connectivity index (χ4n) is 0.991.